The number of hydrogen-bond acceptors (Lipinski definition) is 0. The minimum atomic E-state index is 0. The van der Waals surface area contributed by atoms with E-state index in [9.17, 15) is 0 Å². The summed E-state index contributed by atoms with van der Waals surface area (Å²) in [4.78, 5) is 0. The number of allylic oxidation sites excluding steroid dienone is 4. The van der Waals surface area contributed by atoms with E-state index in [1.54, 1.807) is 0 Å². The number of hydrogen-bond donors (Lipinski definition) is 0. The maximum absolute atomic E-state index is 2.12. The molecule has 1 rings (SSSR count). The predicted molar refractivity (Wildman–Crippen MR) is 22.9 cm³/mol. The molecule has 0 atom stereocenters. The van der Waals surface area contributed by atoms with Crippen LogP contribution in [0.25, 0.3) is 0 Å². The second-order valence-electron chi connectivity index (χ2n) is 1.09. The Labute approximate surface area is 49.8 Å². The van der Waals surface area contributed by atoms with Gasteiger partial charge in [-0.3, -0.25) is 0 Å². The van der Waals surface area contributed by atoms with E-state index in [1.165, 1.54) is 0 Å². The van der Waals surface area contributed by atoms with Gasteiger partial charge in [-0.05, 0) is 6.42 Å². The largest absolute Gasteiger partial charge is 0.0808 e. The first-order chi connectivity index (χ1) is 2.50. The molecule has 0 aliphatic heterocycles. The van der Waals surface area contributed by atoms with Crippen molar-refractivity contribution in [3.63, 3.8) is 0 Å². The Bertz CT molecular complexity index is 62.0. The van der Waals surface area contributed by atoms with E-state index in [2.05, 4.69) is 24.3 Å². The maximum Gasteiger partial charge on any atom is 0 e. The summed E-state index contributed by atoms with van der Waals surface area (Å²) in [6.45, 7) is 0. The molecule has 31 valence electrons. The zero-order valence-electron chi connectivity index (χ0n) is 3.46. The van der Waals surface area contributed by atoms with Gasteiger partial charge in [0.1, 0.15) is 0 Å². The van der Waals surface area contributed by atoms with Gasteiger partial charge in [-0.15, -0.1) is 0 Å². The van der Waals surface area contributed by atoms with E-state index in [4.69, 9.17) is 0 Å². The van der Waals surface area contributed by atoms with Crippen molar-refractivity contribution in [2.24, 2.45) is 0 Å². The van der Waals surface area contributed by atoms with Gasteiger partial charge in [0, 0.05) is 18.6 Å². The third kappa shape index (κ3) is 1.49. The molecular formula is C5H6V. The van der Waals surface area contributed by atoms with Gasteiger partial charge in [0.15, 0.2) is 0 Å². The monoisotopic (exact) mass is 117 g/mol. The minimum Gasteiger partial charge on any atom is -0.0808 e. The first kappa shape index (κ1) is 6.06. The molecule has 1 radical (unpaired) electrons. The second-order valence-corrected chi connectivity index (χ2v) is 1.09. The predicted octanol–water partition coefficient (Wildman–Crippen LogP) is 1.50. The normalized spacial score (nSPS) is 14.7. The second kappa shape index (κ2) is 3.26. The molecule has 0 unspecified atom stereocenters. The standard InChI is InChI=1S/C5H6.V/c1-2-4-5-3-1;/h1-4H,5H2;. The molecule has 0 heterocycles. The molecule has 0 aromatic rings. The van der Waals surface area contributed by atoms with Crippen molar-refractivity contribution in [1.82, 2.24) is 0 Å². The Balaban J connectivity index is 0.000000250. The molecule has 1 aliphatic rings. The summed E-state index contributed by atoms with van der Waals surface area (Å²) in [6.07, 6.45) is 9.50. The van der Waals surface area contributed by atoms with E-state index in [-0.39, 0.29) is 18.6 Å². The molecule has 6 heavy (non-hydrogen) atoms. The molecule has 0 amide bonds. The molecule has 1 aliphatic carbocycles. The van der Waals surface area contributed by atoms with E-state index >= 15 is 0 Å². The average molecular weight is 117 g/mol. The Morgan fingerprint density at radius 3 is 1.67 bits per heavy atom. The van der Waals surface area contributed by atoms with Gasteiger partial charge in [-0.2, -0.15) is 0 Å². The van der Waals surface area contributed by atoms with Gasteiger partial charge in [-0.1, -0.05) is 24.3 Å². The summed E-state index contributed by atoms with van der Waals surface area (Å²) in [5, 5.41) is 0. The van der Waals surface area contributed by atoms with Crippen LogP contribution in [0, 0.1) is 0 Å². The van der Waals surface area contributed by atoms with Crippen LogP contribution in [-0.4, -0.2) is 0 Å². The van der Waals surface area contributed by atoms with Crippen molar-refractivity contribution >= 4 is 0 Å². The Kier molecular flexibility index (Phi) is 3.30. The summed E-state index contributed by atoms with van der Waals surface area (Å²) in [7, 11) is 0. The zero-order valence-corrected chi connectivity index (χ0v) is 4.86. The van der Waals surface area contributed by atoms with Gasteiger partial charge in [0.2, 0.25) is 0 Å². The van der Waals surface area contributed by atoms with Crippen molar-refractivity contribution in [3.8, 4) is 0 Å². The quantitative estimate of drug-likeness (QED) is 0.451. The van der Waals surface area contributed by atoms with Crippen LogP contribution in [0.1, 0.15) is 6.42 Å². The Morgan fingerprint density at radius 2 is 1.50 bits per heavy atom. The fourth-order valence-corrected chi connectivity index (χ4v) is 0.393. The molecule has 0 N–H and O–H groups in total. The summed E-state index contributed by atoms with van der Waals surface area (Å²) in [5.41, 5.74) is 0. The van der Waals surface area contributed by atoms with E-state index < -0.39 is 0 Å². The van der Waals surface area contributed by atoms with Crippen LogP contribution in [0.2, 0.25) is 0 Å². The van der Waals surface area contributed by atoms with Crippen LogP contribution in [-0.2, 0) is 18.6 Å². The van der Waals surface area contributed by atoms with Gasteiger partial charge >= 0.3 is 0 Å². The van der Waals surface area contributed by atoms with Crippen molar-refractivity contribution in [2.45, 2.75) is 6.42 Å². The maximum atomic E-state index is 2.12. The Morgan fingerprint density at radius 1 is 1.00 bits per heavy atom. The molecule has 0 aromatic carbocycles. The van der Waals surface area contributed by atoms with Crippen LogP contribution in [0.3, 0.4) is 0 Å². The molecule has 0 fully saturated rings. The van der Waals surface area contributed by atoms with Crippen LogP contribution in [0.15, 0.2) is 24.3 Å². The van der Waals surface area contributed by atoms with E-state index in [1.807, 2.05) is 0 Å². The summed E-state index contributed by atoms with van der Waals surface area (Å²) < 4.78 is 0. The van der Waals surface area contributed by atoms with Gasteiger partial charge in [-0.25, -0.2) is 0 Å². The molecule has 1 heteroatoms. The third-order valence-corrected chi connectivity index (χ3v) is 0.655. The zero-order chi connectivity index (χ0) is 3.54. The summed E-state index contributed by atoms with van der Waals surface area (Å²) >= 11 is 0. The molecular weight excluding hydrogens is 111 g/mol. The molecule has 0 saturated heterocycles. The average Bonchev–Trinajstić information content (AvgIpc) is 1.76. The van der Waals surface area contributed by atoms with Gasteiger partial charge in [0.05, 0.1) is 0 Å². The molecule has 0 saturated carbocycles. The SMILES string of the molecule is C1=CCC=C1.[V]. The van der Waals surface area contributed by atoms with Crippen LogP contribution in [0.5, 0.6) is 0 Å². The summed E-state index contributed by atoms with van der Waals surface area (Å²) in [5.74, 6) is 0. The first-order valence-corrected chi connectivity index (χ1v) is 1.82. The van der Waals surface area contributed by atoms with E-state index in [0.717, 1.165) is 6.42 Å². The van der Waals surface area contributed by atoms with E-state index in [0.29, 0.717) is 0 Å². The van der Waals surface area contributed by atoms with Crippen molar-refractivity contribution in [1.29, 1.82) is 0 Å². The van der Waals surface area contributed by atoms with Gasteiger partial charge in [0.25, 0.3) is 0 Å². The van der Waals surface area contributed by atoms with Crippen LogP contribution < -0.4 is 0 Å². The van der Waals surface area contributed by atoms with Crippen LogP contribution >= 0.6 is 0 Å². The fourth-order valence-electron chi connectivity index (χ4n) is 0.393. The van der Waals surface area contributed by atoms with Crippen molar-refractivity contribution < 1.29 is 18.6 Å². The molecule has 0 spiro atoms. The third-order valence-electron chi connectivity index (χ3n) is 0.655. The first-order valence-electron chi connectivity index (χ1n) is 1.82. The van der Waals surface area contributed by atoms with Crippen molar-refractivity contribution in [3.05, 3.63) is 24.3 Å². The topological polar surface area (TPSA) is 0 Å². The van der Waals surface area contributed by atoms with Crippen LogP contribution in [0.4, 0.5) is 0 Å². The molecule has 0 nitrogen and oxygen atoms in total. The fraction of sp³-hybridized carbons (Fsp3) is 0.200. The smallest absolute Gasteiger partial charge is 0 e. The Hall–Kier alpha value is 0.0644. The molecule has 0 aromatic heterocycles. The molecule has 0 bridgehead atoms. The number of rotatable bonds is 0. The van der Waals surface area contributed by atoms with Crippen molar-refractivity contribution in [2.75, 3.05) is 0 Å². The van der Waals surface area contributed by atoms with Gasteiger partial charge < -0.3 is 0 Å². The minimum absolute atomic E-state index is 0. The summed E-state index contributed by atoms with van der Waals surface area (Å²) in [6, 6.07) is 0.